The van der Waals surface area contributed by atoms with Gasteiger partial charge in [0.05, 0.1) is 11.7 Å². The van der Waals surface area contributed by atoms with E-state index in [1.807, 2.05) is 13.8 Å². The SMILES string of the molecule is C/C=C(\N)c1c(CC)c(F)c(C)c2[nH]ncc12. The molecule has 1 aromatic carbocycles. The smallest absolute Gasteiger partial charge is 0.132 e. The predicted octanol–water partition coefficient (Wildman–Crippen LogP) is 2.89. The first kappa shape index (κ1) is 11.6. The fraction of sp³-hybridized carbons (Fsp3) is 0.308. The van der Waals surface area contributed by atoms with Gasteiger partial charge in [0.15, 0.2) is 0 Å². The van der Waals surface area contributed by atoms with E-state index in [2.05, 4.69) is 10.2 Å². The Morgan fingerprint density at radius 2 is 2.29 bits per heavy atom. The number of fused-ring (bicyclic) bond motifs is 1. The number of nitrogens with zero attached hydrogens (tertiary/aromatic N) is 1. The Kier molecular flexibility index (Phi) is 2.88. The van der Waals surface area contributed by atoms with Gasteiger partial charge in [-0.3, -0.25) is 5.10 Å². The van der Waals surface area contributed by atoms with E-state index in [0.717, 1.165) is 16.5 Å². The van der Waals surface area contributed by atoms with Gasteiger partial charge in [0, 0.05) is 22.2 Å². The van der Waals surface area contributed by atoms with Gasteiger partial charge in [-0.2, -0.15) is 5.10 Å². The molecule has 0 fully saturated rings. The minimum Gasteiger partial charge on any atom is -0.398 e. The summed E-state index contributed by atoms with van der Waals surface area (Å²) in [6.45, 7) is 5.53. The first-order valence-corrected chi connectivity index (χ1v) is 5.67. The minimum atomic E-state index is -0.191. The zero-order valence-electron chi connectivity index (χ0n) is 10.3. The van der Waals surface area contributed by atoms with Gasteiger partial charge in [-0.1, -0.05) is 13.0 Å². The van der Waals surface area contributed by atoms with Crippen LogP contribution in [-0.4, -0.2) is 10.2 Å². The number of nitrogens with one attached hydrogen (secondary N) is 1. The number of aromatic amines is 1. The van der Waals surface area contributed by atoms with Crippen LogP contribution in [0.2, 0.25) is 0 Å². The third kappa shape index (κ3) is 1.60. The molecule has 0 bridgehead atoms. The highest BCUT2D eigenvalue weighted by Crippen LogP contribution is 2.31. The van der Waals surface area contributed by atoms with E-state index in [1.54, 1.807) is 19.2 Å². The Hall–Kier alpha value is -1.84. The van der Waals surface area contributed by atoms with Crippen LogP contribution in [0.1, 0.15) is 30.5 Å². The lowest BCUT2D eigenvalue weighted by atomic mass is 9.95. The molecular weight excluding hydrogens is 217 g/mol. The van der Waals surface area contributed by atoms with E-state index in [9.17, 15) is 4.39 Å². The van der Waals surface area contributed by atoms with Crippen molar-refractivity contribution in [3.63, 3.8) is 0 Å². The molecule has 0 aliphatic rings. The zero-order valence-corrected chi connectivity index (χ0v) is 10.3. The van der Waals surface area contributed by atoms with Gasteiger partial charge in [0.2, 0.25) is 0 Å². The number of H-pyrrole nitrogens is 1. The highest BCUT2D eigenvalue weighted by Gasteiger charge is 2.18. The Balaban J connectivity index is 2.96. The molecule has 3 nitrogen and oxygen atoms in total. The Labute approximate surface area is 99.5 Å². The lowest BCUT2D eigenvalue weighted by Crippen LogP contribution is -2.05. The molecule has 90 valence electrons. The summed E-state index contributed by atoms with van der Waals surface area (Å²) in [7, 11) is 0. The maximum atomic E-state index is 14.2. The van der Waals surface area contributed by atoms with Crippen molar-refractivity contribution in [1.29, 1.82) is 0 Å². The molecule has 2 aromatic rings. The first-order chi connectivity index (χ1) is 8.11. The van der Waals surface area contributed by atoms with Crippen molar-refractivity contribution in [2.45, 2.75) is 27.2 Å². The Morgan fingerprint density at radius 3 is 2.88 bits per heavy atom. The van der Waals surface area contributed by atoms with Crippen LogP contribution in [0.4, 0.5) is 4.39 Å². The monoisotopic (exact) mass is 233 g/mol. The second-order valence-electron chi connectivity index (χ2n) is 4.05. The summed E-state index contributed by atoms with van der Waals surface area (Å²) in [4.78, 5) is 0. The van der Waals surface area contributed by atoms with Gasteiger partial charge >= 0.3 is 0 Å². The molecule has 0 amide bonds. The maximum Gasteiger partial charge on any atom is 0.132 e. The van der Waals surface area contributed by atoms with Crippen molar-refractivity contribution >= 4 is 16.6 Å². The quantitative estimate of drug-likeness (QED) is 0.838. The number of hydrogen-bond donors (Lipinski definition) is 2. The van der Waals surface area contributed by atoms with Crippen molar-refractivity contribution < 1.29 is 4.39 Å². The molecule has 3 N–H and O–H groups in total. The van der Waals surface area contributed by atoms with Crippen molar-refractivity contribution in [2.24, 2.45) is 5.73 Å². The van der Waals surface area contributed by atoms with E-state index in [0.29, 0.717) is 23.2 Å². The lowest BCUT2D eigenvalue weighted by Gasteiger charge is -2.13. The molecule has 0 saturated carbocycles. The average molecular weight is 233 g/mol. The van der Waals surface area contributed by atoms with Crippen LogP contribution >= 0.6 is 0 Å². The van der Waals surface area contributed by atoms with E-state index in [1.165, 1.54) is 0 Å². The molecule has 0 atom stereocenters. The summed E-state index contributed by atoms with van der Waals surface area (Å²) in [5.41, 5.74) is 9.30. The third-order valence-corrected chi connectivity index (χ3v) is 3.13. The molecule has 0 aliphatic carbocycles. The molecule has 0 aliphatic heterocycles. The van der Waals surface area contributed by atoms with Crippen molar-refractivity contribution in [3.8, 4) is 0 Å². The zero-order chi connectivity index (χ0) is 12.6. The summed E-state index contributed by atoms with van der Waals surface area (Å²) in [5.74, 6) is -0.191. The number of rotatable bonds is 2. The van der Waals surface area contributed by atoms with E-state index in [-0.39, 0.29) is 5.82 Å². The number of halogens is 1. The van der Waals surface area contributed by atoms with Gasteiger partial charge in [-0.15, -0.1) is 0 Å². The van der Waals surface area contributed by atoms with Crippen LogP contribution in [0.3, 0.4) is 0 Å². The number of benzene rings is 1. The normalized spacial score (nSPS) is 12.4. The third-order valence-electron chi connectivity index (χ3n) is 3.13. The molecule has 2 rings (SSSR count). The Morgan fingerprint density at radius 1 is 1.59 bits per heavy atom. The fourth-order valence-corrected chi connectivity index (χ4v) is 2.18. The molecule has 0 radical (unpaired) electrons. The van der Waals surface area contributed by atoms with Crippen molar-refractivity contribution in [2.75, 3.05) is 0 Å². The van der Waals surface area contributed by atoms with Gasteiger partial charge in [-0.25, -0.2) is 4.39 Å². The number of nitrogens with two attached hydrogens (primary N) is 1. The first-order valence-electron chi connectivity index (χ1n) is 5.67. The second kappa shape index (κ2) is 4.20. The summed E-state index contributed by atoms with van der Waals surface area (Å²) in [6.07, 6.45) is 4.10. The van der Waals surface area contributed by atoms with Crippen LogP contribution in [0.25, 0.3) is 16.6 Å². The van der Waals surface area contributed by atoms with Gasteiger partial charge in [-0.05, 0) is 25.8 Å². The molecular formula is C13H16FN3. The minimum absolute atomic E-state index is 0.191. The summed E-state index contributed by atoms with van der Waals surface area (Å²) in [6, 6.07) is 0. The molecule has 0 unspecified atom stereocenters. The van der Waals surface area contributed by atoms with Gasteiger partial charge in [0.1, 0.15) is 5.82 Å². The predicted molar refractivity (Wildman–Crippen MR) is 68.0 cm³/mol. The molecule has 1 heterocycles. The van der Waals surface area contributed by atoms with Crippen LogP contribution < -0.4 is 5.73 Å². The van der Waals surface area contributed by atoms with E-state index >= 15 is 0 Å². The molecule has 0 spiro atoms. The van der Waals surface area contributed by atoms with Crippen LogP contribution in [0.15, 0.2) is 12.3 Å². The number of aryl methyl sites for hydroxylation is 1. The number of allylic oxidation sites excluding steroid dienone is 1. The molecule has 4 heteroatoms. The highest BCUT2D eigenvalue weighted by atomic mass is 19.1. The Bertz CT molecular complexity index is 596. The van der Waals surface area contributed by atoms with Gasteiger partial charge < -0.3 is 5.73 Å². The van der Waals surface area contributed by atoms with Crippen LogP contribution in [0.5, 0.6) is 0 Å². The summed E-state index contributed by atoms with van der Waals surface area (Å²) >= 11 is 0. The van der Waals surface area contributed by atoms with Gasteiger partial charge in [0.25, 0.3) is 0 Å². The second-order valence-corrected chi connectivity index (χ2v) is 4.05. The van der Waals surface area contributed by atoms with Crippen LogP contribution in [0, 0.1) is 12.7 Å². The highest BCUT2D eigenvalue weighted by molar-refractivity contribution is 5.94. The van der Waals surface area contributed by atoms with Crippen LogP contribution in [-0.2, 0) is 6.42 Å². The van der Waals surface area contributed by atoms with E-state index in [4.69, 9.17) is 5.73 Å². The lowest BCUT2D eigenvalue weighted by molar-refractivity contribution is 0.604. The van der Waals surface area contributed by atoms with Crippen molar-refractivity contribution in [1.82, 2.24) is 10.2 Å². The van der Waals surface area contributed by atoms with E-state index < -0.39 is 0 Å². The topological polar surface area (TPSA) is 54.7 Å². The number of aromatic nitrogens is 2. The largest absolute Gasteiger partial charge is 0.398 e. The summed E-state index contributed by atoms with van der Waals surface area (Å²) < 4.78 is 14.2. The average Bonchev–Trinajstić information content (AvgIpc) is 2.81. The fourth-order valence-electron chi connectivity index (χ4n) is 2.18. The van der Waals surface area contributed by atoms with Crippen molar-refractivity contribution in [3.05, 3.63) is 34.8 Å². The molecule has 1 aromatic heterocycles. The molecule has 0 saturated heterocycles. The summed E-state index contributed by atoms with van der Waals surface area (Å²) in [5, 5.41) is 7.69. The number of hydrogen-bond acceptors (Lipinski definition) is 2. The maximum absolute atomic E-state index is 14.2. The molecule has 17 heavy (non-hydrogen) atoms. The standard InChI is InChI=1S/C13H16FN3/c1-4-8-11(10(15)5-2)9-6-16-17-13(9)7(3)12(8)14/h5-6H,4,15H2,1-3H3,(H,16,17)/b10-5-.